The molecule has 32 heavy (non-hydrogen) atoms. The van der Waals surface area contributed by atoms with Crippen LogP contribution in [0.25, 0.3) is 10.2 Å². The number of amides is 2. The number of carbonyl (C=O) groups excluding carboxylic acids is 2. The first-order chi connectivity index (χ1) is 15.1. The third-order valence-electron chi connectivity index (χ3n) is 4.77. The topological polar surface area (TPSA) is 107 Å². The van der Waals surface area contributed by atoms with Crippen molar-refractivity contribution in [2.24, 2.45) is 4.99 Å². The number of ether oxygens (including phenoxy) is 1. The van der Waals surface area contributed by atoms with Crippen LogP contribution in [-0.4, -0.2) is 43.8 Å². The maximum Gasteiger partial charge on any atom is 0.279 e. The molecule has 1 N–H and O–H groups in total. The van der Waals surface area contributed by atoms with Gasteiger partial charge < -0.3 is 14.6 Å². The number of fused-ring (bicyclic) bond motifs is 1. The third kappa shape index (κ3) is 5.14. The van der Waals surface area contributed by atoms with Gasteiger partial charge in [0.15, 0.2) is 14.6 Å². The van der Waals surface area contributed by atoms with Crippen LogP contribution >= 0.6 is 11.3 Å². The Hall–Kier alpha value is -2.82. The molecule has 10 heteroatoms. The smallest absolute Gasteiger partial charge is 0.279 e. The molecule has 0 spiro atoms. The van der Waals surface area contributed by atoms with Crippen molar-refractivity contribution in [1.82, 2.24) is 4.57 Å². The van der Waals surface area contributed by atoms with Gasteiger partial charge in [0.05, 0.1) is 27.0 Å². The molecular weight excluding hydrogens is 450 g/mol. The van der Waals surface area contributed by atoms with Crippen LogP contribution in [0.4, 0.5) is 5.69 Å². The summed E-state index contributed by atoms with van der Waals surface area (Å²) in [6.45, 7) is 5.59. The molecule has 0 bridgehead atoms. The largest absolute Gasteiger partial charge is 0.383 e. The number of sulfone groups is 1. The highest BCUT2D eigenvalue weighted by atomic mass is 32.2. The lowest BCUT2D eigenvalue weighted by Crippen LogP contribution is -2.19. The van der Waals surface area contributed by atoms with Crippen molar-refractivity contribution in [3.63, 3.8) is 0 Å². The molecule has 0 aliphatic rings. The molecule has 8 nitrogen and oxygen atoms in total. The quantitative estimate of drug-likeness (QED) is 0.565. The monoisotopic (exact) mass is 475 g/mol. The van der Waals surface area contributed by atoms with Crippen molar-refractivity contribution >= 4 is 48.9 Å². The highest BCUT2D eigenvalue weighted by Crippen LogP contribution is 2.22. The molecule has 0 unspecified atom stereocenters. The molecule has 0 saturated carbocycles. The average Bonchev–Trinajstić information content (AvgIpc) is 3.07. The van der Waals surface area contributed by atoms with Crippen LogP contribution in [0.15, 0.2) is 52.4 Å². The Morgan fingerprint density at radius 1 is 1.16 bits per heavy atom. The van der Waals surface area contributed by atoms with E-state index >= 15 is 0 Å². The van der Waals surface area contributed by atoms with E-state index < -0.39 is 21.0 Å². The maximum atomic E-state index is 12.8. The van der Waals surface area contributed by atoms with Crippen LogP contribution in [0.1, 0.15) is 31.1 Å². The summed E-state index contributed by atoms with van der Waals surface area (Å²) in [4.78, 5) is 29.1. The fourth-order valence-corrected chi connectivity index (χ4v) is 5.20. The Morgan fingerprint density at radius 2 is 1.84 bits per heavy atom. The van der Waals surface area contributed by atoms with E-state index in [1.807, 2.05) is 16.7 Å². The summed E-state index contributed by atoms with van der Waals surface area (Å²) < 4.78 is 32.5. The average molecular weight is 476 g/mol. The van der Waals surface area contributed by atoms with E-state index in [1.54, 1.807) is 27.0 Å². The molecule has 3 rings (SSSR count). The van der Waals surface area contributed by atoms with Crippen molar-refractivity contribution in [3.05, 3.63) is 52.8 Å². The molecule has 0 fully saturated rings. The molecular formula is C22H25N3O5S2. The second-order valence-corrected chi connectivity index (χ2v) is 10.9. The first-order valence-electron chi connectivity index (χ1n) is 9.96. The second kappa shape index (κ2) is 9.76. The van der Waals surface area contributed by atoms with Crippen LogP contribution < -0.4 is 10.1 Å². The fourth-order valence-electron chi connectivity index (χ4n) is 3.05. The molecule has 0 aliphatic heterocycles. The van der Waals surface area contributed by atoms with Crippen molar-refractivity contribution in [2.45, 2.75) is 37.5 Å². The van der Waals surface area contributed by atoms with Gasteiger partial charge in [0.25, 0.3) is 5.91 Å². The first-order valence-corrected chi connectivity index (χ1v) is 12.3. The van der Waals surface area contributed by atoms with E-state index in [9.17, 15) is 18.0 Å². The third-order valence-corrected chi connectivity index (χ3v) is 7.98. The van der Waals surface area contributed by atoms with E-state index in [0.717, 1.165) is 10.2 Å². The Balaban J connectivity index is 2.02. The SMILES string of the molecule is COCCn1c(=NC(=O)c2ccc(S(=O)(=O)C(C)C)cc2)sc2cc(NC(C)=O)ccc21. The second-order valence-electron chi connectivity index (χ2n) is 7.43. The molecule has 1 aromatic heterocycles. The highest BCUT2D eigenvalue weighted by Gasteiger charge is 2.19. The van der Waals surface area contributed by atoms with Gasteiger partial charge in [-0.3, -0.25) is 9.59 Å². The minimum atomic E-state index is -3.41. The zero-order valence-corrected chi connectivity index (χ0v) is 19.9. The molecule has 0 saturated heterocycles. The summed E-state index contributed by atoms with van der Waals surface area (Å²) in [6.07, 6.45) is 0. The van der Waals surface area contributed by atoms with Gasteiger partial charge in [-0.05, 0) is 56.3 Å². The van der Waals surface area contributed by atoms with Gasteiger partial charge in [-0.15, -0.1) is 0 Å². The van der Waals surface area contributed by atoms with Gasteiger partial charge in [0.1, 0.15) is 0 Å². The number of aromatic nitrogens is 1. The number of hydrogen-bond acceptors (Lipinski definition) is 6. The summed E-state index contributed by atoms with van der Waals surface area (Å²) >= 11 is 1.32. The van der Waals surface area contributed by atoms with Crippen LogP contribution in [0, 0.1) is 0 Å². The lowest BCUT2D eigenvalue weighted by atomic mass is 10.2. The van der Waals surface area contributed by atoms with Crippen LogP contribution in [0.2, 0.25) is 0 Å². The van der Waals surface area contributed by atoms with Crippen LogP contribution in [-0.2, 0) is 25.9 Å². The standard InChI is InChI=1S/C22H25N3O5S2/c1-14(2)32(28,29)18-8-5-16(6-9-18)21(27)24-22-25(11-12-30-4)19-10-7-17(23-15(3)26)13-20(19)31-22/h5-10,13-14H,11-12H2,1-4H3,(H,23,26). The summed E-state index contributed by atoms with van der Waals surface area (Å²) in [5.41, 5.74) is 1.82. The van der Waals surface area contributed by atoms with Gasteiger partial charge in [-0.2, -0.15) is 4.99 Å². The normalized spacial score (nSPS) is 12.5. The lowest BCUT2D eigenvalue weighted by Gasteiger charge is -2.07. The lowest BCUT2D eigenvalue weighted by molar-refractivity contribution is -0.114. The van der Waals surface area contributed by atoms with Crippen molar-refractivity contribution in [3.8, 4) is 0 Å². The van der Waals surface area contributed by atoms with Gasteiger partial charge in [-0.1, -0.05) is 11.3 Å². The molecule has 0 aliphatic carbocycles. The van der Waals surface area contributed by atoms with E-state index in [4.69, 9.17) is 4.74 Å². The zero-order valence-electron chi connectivity index (χ0n) is 18.3. The maximum absolute atomic E-state index is 12.8. The highest BCUT2D eigenvalue weighted by molar-refractivity contribution is 7.92. The molecule has 2 aromatic carbocycles. The zero-order chi connectivity index (χ0) is 23.5. The number of anilines is 1. The number of nitrogens with zero attached hydrogens (tertiary/aromatic N) is 2. The van der Waals surface area contributed by atoms with Crippen LogP contribution in [0.5, 0.6) is 0 Å². The van der Waals surface area contributed by atoms with Crippen molar-refractivity contribution in [2.75, 3.05) is 19.0 Å². The molecule has 0 radical (unpaired) electrons. The molecule has 3 aromatic rings. The van der Waals surface area contributed by atoms with Gasteiger partial charge >= 0.3 is 0 Å². The van der Waals surface area contributed by atoms with E-state index in [1.165, 1.54) is 42.5 Å². The molecule has 170 valence electrons. The van der Waals surface area contributed by atoms with Crippen molar-refractivity contribution in [1.29, 1.82) is 0 Å². The summed E-state index contributed by atoms with van der Waals surface area (Å²) in [6, 6.07) is 11.3. The van der Waals surface area contributed by atoms with Gasteiger partial charge in [-0.25, -0.2) is 8.42 Å². The first kappa shape index (κ1) is 23.8. The van der Waals surface area contributed by atoms with E-state index in [0.29, 0.717) is 29.2 Å². The Morgan fingerprint density at radius 3 is 2.44 bits per heavy atom. The number of hydrogen-bond donors (Lipinski definition) is 1. The number of carbonyl (C=O) groups is 2. The summed E-state index contributed by atoms with van der Waals surface area (Å²) in [5, 5.41) is 2.20. The number of nitrogens with one attached hydrogen (secondary N) is 1. The minimum Gasteiger partial charge on any atom is -0.383 e. The summed E-state index contributed by atoms with van der Waals surface area (Å²) in [5.74, 6) is -0.644. The molecule has 0 atom stereocenters. The van der Waals surface area contributed by atoms with E-state index in [2.05, 4.69) is 10.3 Å². The number of thiazole rings is 1. The minimum absolute atomic E-state index is 0.170. The van der Waals surface area contributed by atoms with Crippen LogP contribution in [0.3, 0.4) is 0 Å². The Labute approximate surface area is 190 Å². The molecule has 1 heterocycles. The van der Waals surface area contributed by atoms with Crippen molar-refractivity contribution < 1.29 is 22.7 Å². The predicted octanol–water partition coefficient (Wildman–Crippen LogP) is 3.23. The number of benzene rings is 2. The number of methoxy groups -OCH3 is 1. The molecule has 2 amide bonds. The van der Waals surface area contributed by atoms with Gasteiger partial charge in [0.2, 0.25) is 5.91 Å². The summed E-state index contributed by atoms with van der Waals surface area (Å²) in [7, 11) is -1.82. The Bertz CT molecular complexity index is 1320. The fraction of sp³-hybridized carbons (Fsp3) is 0.318. The Kier molecular flexibility index (Phi) is 7.27. The number of rotatable bonds is 7. The van der Waals surface area contributed by atoms with Gasteiger partial charge in [0, 0.05) is 31.8 Å². The van der Waals surface area contributed by atoms with E-state index in [-0.39, 0.29) is 10.8 Å². The predicted molar refractivity (Wildman–Crippen MR) is 125 cm³/mol.